The highest BCUT2D eigenvalue weighted by molar-refractivity contribution is 6.05. The van der Waals surface area contributed by atoms with Crippen molar-refractivity contribution < 1.29 is 19.1 Å². The maximum atomic E-state index is 12.9. The summed E-state index contributed by atoms with van der Waals surface area (Å²) in [6.07, 6.45) is 4.36. The number of fused-ring (bicyclic) bond motifs is 1. The molecule has 1 spiro atoms. The van der Waals surface area contributed by atoms with Crippen molar-refractivity contribution in [1.82, 2.24) is 20.9 Å². The number of hydrogen-bond donors (Lipinski definition) is 3. The van der Waals surface area contributed by atoms with Gasteiger partial charge in [0.1, 0.15) is 6.04 Å². The van der Waals surface area contributed by atoms with Gasteiger partial charge < -0.3 is 20.3 Å². The second kappa shape index (κ2) is 7.76. The van der Waals surface area contributed by atoms with E-state index in [1.54, 1.807) is 4.90 Å². The van der Waals surface area contributed by atoms with Crippen LogP contribution in [0.15, 0.2) is 18.2 Å². The average molecular weight is 412 g/mol. The Hall–Kier alpha value is -2.29. The fraction of sp³-hybridized carbons (Fsp3) is 0.591. The van der Waals surface area contributed by atoms with Crippen molar-refractivity contribution in [3.8, 4) is 0 Å². The van der Waals surface area contributed by atoms with Crippen LogP contribution in [0.3, 0.4) is 0 Å². The molecular formula is C22H28N4O4. The predicted octanol–water partition coefficient (Wildman–Crippen LogP) is 0.448. The molecule has 3 N–H and O–H groups in total. The molecular weight excluding hydrogens is 384 g/mol. The molecule has 8 heteroatoms. The molecule has 4 aliphatic rings. The van der Waals surface area contributed by atoms with E-state index in [0.717, 1.165) is 43.6 Å². The largest absolute Gasteiger partial charge is 0.368 e. The molecule has 1 aliphatic carbocycles. The van der Waals surface area contributed by atoms with Crippen LogP contribution >= 0.6 is 0 Å². The van der Waals surface area contributed by atoms with Gasteiger partial charge in [-0.1, -0.05) is 12.1 Å². The number of carbonyl (C=O) groups excluding carboxylic acids is 3. The molecule has 5 rings (SSSR count). The number of ether oxygens (including phenoxy) is 1. The van der Waals surface area contributed by atoms with Crippen LogP contribution in [0.4, 0.5) is 0 Å². The number of nitrogens with one attached hydrogen (secondary N) is 3. The number of hydrogen-bond acceptors (Lipinski definition) is 6. The van der Waals surface area contributed by atoms with E-state index >= 15 is 0 Å². The topological polar surface area (TPSA) is 99.8 Å². The van der Waals surface area contributed by atoms with Crippen LogP contribution in [0, 0.1) is 0 Å². The minimum Gasteiger partial charge on any atom is -0.368 e. The summed E-state index contributed by atoms with van der Waals surface area (Å²) < 4.78 is 6.29. The molecule has 1 aromatic rings. The van der Waals surface area contributed by atoms with Crippen molar-refractivity contribution in [3.05, 3.63) is 34.9 Å². The SMILES string of the molecule is O=C1CCC(N2Cc3ccc(CNCC4CNCC5(CCC5)O4)cc3C2=O)C(=O)N1. The third-order valence-corrected chi connectivity index (χ3v) is 6.79. The Morgan fingerprint density at radius 3 is 2.87 bits per heavy atom. The Bertz CT molecular complexity index is 882. The van der Waals surface area contributed by atoms with Crippen LogP contribution in [-0.4, -0.2) is 60.0 Å². The Morgan fingerprint density at radius 2 is 2.10 bits per heavy atom. The van der Waals surface area contributed by atoms with Crippen LogP contribution < -0.4 is 16.0 Å². The first-order valence-corrected chi connectivity index (χ1v) is 10.9. The van der Waals surface area contributed by atoms with E-state index in [9.17, 15) is 14.4 Å². The van der Waals surface area contributed by atoms with Crippen LogP contribution in [0.5, 0.6) is 0 Å². The van der Waals surface area contributed by atoms with Gasteiger partial charge in [-0.15, -0.1) is 0 Å². The lowest BCUT2D eigenvalue weighted by molar-refractivity contribution is -0.155. The fourth-order valence-electron chi connectivity index (χ4n) is 4.97. The summed E-state index contributed by atoms with van der Waals surface area (Å²) in [5.74, 6) is -0.776. The minimum absolute atomic E-state index is 0.0596. The minimum atomic E-state index is -0.570. The Morgan fingerprint density at radius 1 is 1.23 bits per heavy atom. The molecule has 0 aromatic heterocycles. The van der Waals surface area contributed by atoms with Crippen molar-refractivity contribution in [2.24, 2.45) is 0 Å². The molecule has 3 amide bonds. The molecule has 30 heavy (non-hydrogen) atoms. The second-order valence-corrected chi connectivity index (χ2v) is 8.93. The van der Waals surface area contributed by atoms with E-state index in [1.165, 1.54) is 6.42 Å². The monoisotopic (exact) mass is 412 g/mol. The van der Waals surface area contributed by atoms with Crippen molar-refractivity contribution in [3.63, 3.8) is 0 Å². The van der Waals surface area contributed by atoms with Gasteiger partial charge in [-0.05, 0) is 42.9 Å². The van der Waals surface area contributed by atoms with E-state index in [1.807, 2.05) is 18.2 Å². The van der Waals surface area contributed by atoms with Gasteiger partial charge in [0, 0.05) is 44.7 Å². The van der Waals surface area contributed by atoms with Crippen LogP contribution in [-0.2, 0) is 27.4 Å². The summed E-state index contributed by atoms with van der Waals surface area (Å²) in [4.78, 5) is 38.1. The van der Waals surface area contributed by atoms with Gasteiger partial charge in [-0.3, -0.25) is 19.7 Å². The van der Waals surface area contributed by atoms with Gasteiger partial charge in [-0.25, -0.2) is 0 Å². The smallest absolute Gasteiger partial charge is 0.255 e. The highest BCUT2D eigenvalue weighted by Gasteiger charge is 2.42. The number of amides is 3. The maximum absolute atomic E-state index is 12.9. The molecule has 160 valence electrons. The molecule has 3 heterocycles. The average Bonchev–Trinajstić information content (AvgIpc) is 3.03. The van der Waals surface area contributed by atoms with Gasteiger partial charge in [0.05, 0.1) is 11.7 Å². The van der Waals surface area contributed by atoms with E-state index < -0.39 is 6.04 Å². The van der Waals surface area contributed by atoms with E-state index in [0.29, 0.717) is 25.1 Å². The van der Waals surface area contributed by atoms with Gasteiger partial charge >= 0.3 is 0 Å². The molecule has 1 saturated carbocycles. The third kappa shape index (κ3) is 3.64. The first-order chi connectivity index (χ1) is 14.5. The van der Waals surface area contributed by atoms with Crippen molar-refractivity contribution in [2.75, 3.05) is 19.6 Å². The van der Waals surface area contributed by atoms with Crippen LogP contribution in [0.1, 0.15) is 53.6 Å². The molecule has 0 radical (unpaired) electrons. The molecule has 2 atom stereocenters. The van der Waals surface area contributed by atoms with Crippen LogP contribution in [0.2, 0.25) is 0 Å². The molecule has 8 nitrogen and oxygen atoms in total. The summed E-state index contributed by atoms with van der Waals surface area (Å²) in [5.41, 5.74) is 2.68. The van der Waals surface area contributed by atoms with Gasteiger partial charge in [0.25, 0.3) is 5.91 Å². The summed E-state index contributed by atoms with van der Waals surface area (Å²) in [6, 6.07) is 5.35. The second-order valence-electron chi connectivity index (χ2n) is 8.93. The zero-order valence-electron chi connectivity index (χ0n) is 17.0. The highest BCUT2D eigenvalue weighted by atomic mass is 16.5. The zero-order chi connectivity index (χ0) is 20.7. The maximum Gasteiger partial charge on any atom is 0.255 e. The standard InChI is InChI=1S/C22H28N4O4/c27-19-5-4-18(20(28)25-19)26-12-15-3-2-14(8-17(15)21(26)29)9-23-10-16-11-24-13-22(30-16)6-1-7-22/h2-3,8,16,18,23-24H,1,4-7,9-13H2,(H,25,27,28). The first-order valence-electron chi connectivity index (χ1n) is 10.9. The normalized spacial score (nSPS) is 27.7. The van der Waals surface area contributed by atoms with E-state index in [-0.39, 0.29) is 35.8 Å². The number of imide groups is 1. The Labute approximate surface area is 175 Å². The molecule has 0 bridgehead atoms. The molecule has 2 saturated heterocycles. The van der Waals surface area contributed by atoms with Gasteiger partial charge in [0.2, 0.25) is 11.8 Å². The summed E-state index contributed by atoms with van der Waals surface area (Å²) in [7, 11) is 0. The first kappa shape index (κ1) is 19.7. The number of nitrogens with zero attached hydrogens (tertiary/aromatic N) is 1. The Kier molecular flexibility index (Phi) is 5.08. The summed E-state index contributed by atoms with van der Waals surface area (Å²) >= 11 is 0. The fourth-order valence-corrected chi connectivity index (χ4v) is 4.97. The van der Waals surface area contributed by atoms with Crippen molar-refractivity contribution in [1.29, 1.82) is 0 Å². The number of carbonyl (C=O) groups is 3. The molecule has 1 aromatic carbocycles. The summed E-state index contributed by atoms with van der Waals surface area (Å²) in [5, 5.41) is 9.29. The molecule has 3 aliphatic heterocycles. The quantitative estimate of drug-likeness (QED) is 0.608. The lowest BCUT2D eigenvalue weighted by atomic mass is 9.79. The highest BCUT2D eigenvalue weighted by Crippen LogP contribution is 2.37. The molecule has 2 unspecified atom stereocenters. The predicted molar refractivity (Wildman–Crippen MR) is 109 cm³/mol. The lowest BCUT2D eigenvalue weighted by Gasteiger charge is -2.47. The van der Waals surface area contributed by atoms with Crippen LogP contribution in [0.25, 0.3) is 0 Å². The zero-order valence-corrected chi connectivity index (χ0v) is 17.0. The summed E-state index contributed by atoms with van der Waals surface area (Å²) in [6.45, 7) is 3.66. The number of rotatable bonds is 5. The Balaban J connectivity index is 1.18. The lowest BCUT2D eigenvalue weighted by Crippen LogP contribution is -2.59. The van der Waals surface area contributed by atoms with E-state index in [4.69, 9.17) is 4.74 Å². The van der Waals surface area contributed by atoms with E-state index in [2.05, 4.69) is 16.0 Å². The van der Waals surface area contributed by atoms with Gasteiger partial charge in [-0.2, -0.15) is 0 Å². The number of morpholine rings is 1. The third-order valence-electron chi connectivity index (χ3n) is 6.79. The van der Waals surface area contributed by atoms with Crippen molar-refractivity contribution >= 4 is 17.7 Å². The van der Waals surface area contributed by atoms with Gasteiger partial charge in [0.15, 0.2) is 0 Å². The number of benzene rings is 1. The number of piperidine rings is 1. The molecule has 3 fully saturated rings. The van der Waals surface area contributed by atoms with Crippen molar-refractivity contribution in [2.45, 2.75) is 62.9 Å².